The molecular formula is C79H78BN3O. The largest absolute Gasteiger partial charge is 0.455 e. The summed E-state index contributed by atoms with van der Waals surface area (Å²) >= 11 is 0. The van der Waals surface area contributed by atoms with Gasteiger partial charge in [-0.1, -0.05) is 217 Å². The first kappa shape index (κ1) is 54.7. The zero-order chi connectivity index (χ0) is 58.8. The quantitative estimate of drug-likeness (QED) is 0.134. The maximum atomic E-state index is 6.66. The summed E-state index contributed by atoms with van der Waals surface area (Å²) < 4.78 is 6.66. The summed E-state index contributed by atoms with van der Waals surface area (Å²) in [6.45, 7) is 32.9. The molecule has 84 heavy (non-hydrogen) atoms. The van der Waals surface area contributed by atoms with Gasteiger partial charge in [-0.15, -0.1) is 0 Å². The topological polar surface area (TPSA) is 22.9 Å². The Bertz CT molecular complexity index is 4340. The number of benzene rings is 10. The van der Waals surface area contributed by atoms with Crippen LogP contribution in [-0.2, 0) is 21.7 Å². The summed E-state index contributed by atoms with van der Waals surface area (Å²) in [5.74, 6) is 0. The number of anilines is 9. The van der Waals surface area contributed by atoms with Crippen LogP contribution in [0.15, 0.2) is 211 Å². The van der Waals surface area contributed by atoms with Crippen LogP contribution in [0.25, 0.3) is 44.2 Å². The normalized spacial score (nSPS) is 13.3. The van der Waals surface area contributed by atoms with Gasteiger partial charge in [0.25, 0.3) is 6.71 Å². The van der Waals surface area contributed by atoms with E-state index in [1.165, 1.54) is 83.6 Å². The van der Waals surface area contributed by atoms with E-state index in [2.05, 4.69) is 318 Å². The fourth-order valence-corrected chi connectivity index (χ4v) is 13.8. The molecule has 0 aliphatic carbocycles. The number of fused-ring (bicyclic) bond motifs is 7. The van der Waals surface area contributed by atoms with Crippen molar-refractivity contribution < 1.29 is 4.42 Å². The Labute approximate surface area is 499 Å². The van der Waals surface area contributed by atoms with Gasteiger partial charge in [-0.3, -0.25) is 0 Å². The lowest BCUT2D eigenvalue weighted by molar-refractivity contribution is 0.503. The van der Waals surface area contributed by atoms with Crippen molar-refractivity contribution in [2.45, 2.75) is 125 Å². The first-order chi connectivity index (χ1) is 40.1. The van der Waals surface area contributed by atoms with Gasteiger partial charge >= 0.3 is 0 Å². The van der Waals surface area contributed by atoms with Gasteiger partial charge in [-0.25, -0.2) is 0 Å². The molecule has 0 spiro atoms. The Hall–Kier alpha value is -8.54. The number of furan rings is 1. The second-order valence-corrected chi connectivity index (χ2v) is 27.5. The number of hydrogen-bond donors (Lipinski definition) is 0. The zero-order valence-electron chi connectivity index (χ0n) is 51.7. The molecule has 0 atom stereocenters. The molecule has 4 nitrogen and oxygen atoms in total. The van der Waals surface area contributed by atoms with Crippen molar-refractivity contribution in [3.05, 3.63) is 240 Å². The van der Waals surface area contributed by atoms with E-state index in [1.807, 2.05) is 0 Å². The van der Waals surface area contributed by atoms with Gasteiger partial charge in [0.05, 0.1) is 5.69 Å². The van der Waals surface area contributed by atoms with E-state index in [0.717, 1.165) is 67.9 Å². The number of para-hydroxylation sites is 3. The first-order valence-electron chi connectivity index (χ1n) is 30.3. The van der Waals surface area contributed by atoms with Crippen LogP contribution in [-0.4, -0.2) is 6.71 Å². The van der Waals surface area contributed by atoms with Crippen LogP contribution >= 0.6 is 0 Å². The fourth-order valence-electron chi connectivity index (χ4n) is 13.8. The van der Waals surface area contributed by atoms with Crippen LogP contribution in [0.2, 0.25) is 0 Å². The Morgan fingerprint density at radius 3 is 1.71 bits per heavy atom. The van der Waals surface area contributed by atoms with Gasteiger partial charge in [-0.2, -0.15) is 0 Å². The van der Waals surface area contributed by atoms with Crippen molar-refractivity contribution in [1.29, 1.82) is 0 Å². The van der Waals surface area contributed by atoms with Gasteiger partial charge in [0.15, 0.2) is 0 Å². The predicted octanol–water partition coefficient (Wildman–Crippen LogP) is 20.7. The molecule has 418 valence electrons. The molecule has 5 heteroatoms. The van der Waals surface area contributed by atoms with Crippen molar-refractivity contribution in [2.75, 3.05) is 14.7 Å². The molecule has 0 N–H and O–H groups in total. The van der Waals surface area contributed by atoms with Gasteiger partial charge in [0.2, 0.25) is 0 Å². The minimum atomic E-state index is -0.200. The smallest absolute Gasteiger partial charge is 0.252 e. The molecule has 11 aromatic rings. The zero-order valence-corrected chi connectivity index (χ0v) is 51.7. The van der Waals surface area contributed by atoms with Crippen molar-refractivity contribution in [3.63, 3.8) is 0 Å². The Balaban J connectivity index is 1.12. The molecule has 0 amide bonds. The minimum absolute atomic E-state index is 0.00513. The lowest BCUT2D eigenvalue weighted by Gasteiger charge is -2.47. The first-order valence-corrected chi connectivity index (χ1v) is 30.3. The molecule has 10 aromatic carbocycles. The molecule has 3 heterocycles. The lowest BCUT2D eigenvalue weighted by Crippen LogP contribution is -2.62. The lowest BCUT2D eigenvalue weighted by atomic mass is 9.33. The Kier molecular flexibility index (Phi) is 13.1. The third-order valence-electron chi connectivity index (χ3n) is 18.6. The van der Waals surface area contributed by atoms with Crippen molar-refractivity contribution in [2.24, 2.45) is 0 Å². The number of rotatable bonds is 9. The second kappa shape index (κ2) is 20.1. The molecule has 2 aliphatic heterocycles. The highest BCUT2D eigenvalue weighted by molar-refractivity contribution is 7.00. The molecule has 0 bridgehead atoms. The van der Waals surface area contributed by atoms with Crippen LogP contribution in [0.3, 0.4) is 0 Å². The summed E-state index contributed by atoms with van der Waals surface area (Å²) in [6.07, 6.45) is 1.03. The van der Waals surface area contributed by atoms with Crippen LogP contribution in [0.1, 0.15) is 123 Å². The summed E-state index contributed by atoms with van der Waals surface area (Å²) in [5.41, 5.74) is 28.5. The summed E-state index contributed by atoms with van der Waals surface area (Å²) in [6, 6.07) is 77.6. The van der Waals surface area contributed by atoms with E-state index in [4.69, 9.17) is 4.42 Å². The molecule has 0 fully saturated rings. The summed E-state index contributed by atoms with van der Waals surface area (Å²) in [7, 11) is 0. The Morgan fingerprint density at radius 2 is 1.04 bits per heavy atom. The van der Waals surface area contributed by atoms with E-state index < -0.39 is 0 Å². The van der Waals surface area contributed by atoms with E-state index in [1.54, 1.807) is 0 Å². The molecule has 0 saturated heterocycles. The van der Waals surface area contributed by atoms with Crippen molar-refractivity contribution in [1.82, 2.24) is 0 Å². The number of hydrogen-bond acceptors (Lipinski definition) is 4. The van der Waals surface area contributed by atoms with Crippen LogP contribution in [0, 0.1) is 13.8 Å². The number of nitrogens with zero attached hydrogens (tertiary/aromatic N) is 3. The molecule has 1 aromatic heterocycles. The average Bonchev–Trinajstić information content (AvgIpc) is 0.819. The van der Waals surface area contributed by atoms with Crippen LogP contribution < -0.4 is 31.1 Å². The maximum Gasteiger partial charge on any atom is 0.252 e. The fraction of sp³-hybridized carbons (Fsp3) is 0.241. The predicted molar refractivity (Wildman–Crippen MR) is 362 cm³/mol. The monoisotopic (exact) mass is 1100 g/mol. The molecule has 0 saturated carbocycles. The summed E-state index contributed by atoms with van der Waals surface area (Å²) in [5, 5.41) is 2.26. The van der Waals surface area contributed by atoms with E-state index in [-0.39, 0.29) is 28.4 Å². The highest BCUT2D eigenvalue weighted by Crippen LogP contribution is 2.52. The van der Waals surface area contributed by atoms with E-state index in [0.29, 0.717) is 0 Å². The molecular weight excluding hydrogens is 1020 g/mol. The van der Waals surface area contributed by atoms with Crippen molar-refractivity contribution >= 4 is 96.2 Å². The van der Waals surface area contributed by atoms with Gasteiger partial charge in [0, 0.05) is 67.4 Å². The molecule has 0 unspecified atom stereocenters. The molecule has 13 rings (SSSR count). The molecule has 0 radical (unpaired) electrons. The van der Waals surface area contributed by atoms with Gasteiger partial charge < -0.3 is 19.1 Å². The third-order valence-corrected chi connectivity index (χ3v) is 18.6. The average molecular weight is 1100 g/mol. The summed E-state index contributed by atoms with van der Waals surface area (Å²) in [4.78, 5) is 7.76. The Morgan fingerprint density at radius 1 is 0.440 bits per heavy atom. The highest BCUT2D eigenvalue weighted by Gasteiger charge is 2.47. The van der Waals surface area contributed by atoms with Crippen molar-refractivity contribution in [3.8, 4) is 22.3 Å². The SMILES string of the molecule is CCC(C)(C)c1ccc2c(c1C)N(c1ccc(C(C)(C)C)cc1)c1c(C)c(C(C)(C)C)cc3c1B2c1ccc(N(c2ccccc2)c2ccc(C(C)(C)C)cc2-c2ccccc2)cc1N3c1ccc(-c2cccc3c2oc2ccccc23)cc1. The highest BCUT2D eigenvalue weighted by atomic mass is 16.3. The standard InChI is InChI=1S/C79H78BN3O/c1-15-79(13,14)64-43-45-67-73(50(64)2)83(58-40-35-54(36-41-58)76(4,5)6)74-51(3)65(78(10,11)12)49-70-72(74)80(67)66-44-42-59(81(56-27-20-17-21-28-56)68-46-37-55(77(7,8)9)47-63(68)52-25-18-16-19-26-52)48-69(66)82(70)57-38-33-53(34-39-57)60-30-24-31-62-61-29-22-23-32-71(61)84-75(60)62/h16-49H,15H2,1-14H3. The van der Waals surface area contributed by atoms with Gasteiger partial charge in [-0.05, 0) is 176 Å². The van der Waals surface area contributed by atoms with Crippen LogP contribution in [0.4, 0.5) is 51.2 Å². The van der Waals surface area contributed by atoms with E-state index >= 15 is 0 Å². The van der Waals surface area contributed by atoms with E-state index in [9.17, 15) is 0 Å². The molecule has 2 aliphatic rings. The maximum absolute atomic E-state index is 6.66. The second-order valence-electron chi connectivity index (χ2n) is 27.5. The minimum Gasteiger partial charge on any atom is -0.455 e. The van der Waals surface area contributed by atoms with Gasteiger partial charge in [0.1, 0.15) is 11.2 Å². The third kappa shape index (κ3) is 9.05. The van der Waals surface area contributed by atoms with Crippen LogP contribution in [0.5, 0.6) is 0 Å².